The Hall–Kier alpha value is -1.36. The summed E-state index contributed by atoms with van der Waals surface area (Å²) in [6.45, 7) is 5.33. The first-order valence-corrected chi connectivity index (χ1v) is 6.61. The Kier molecular flexibility index (Phi) is 6.43. The Morgan fingerprint density at radius 1 is 1.56 bits per heavy atom. The van der Waals surface area contributed by atoms with Crippen LogP contribution in [0.1, 0.15) is 37.4 Å². The Labute approximate surface area is 109 Å². The summed E-state index contributed by atoms with van der Waals surface area (Å²) < 4.78 is 0. The number of carbonyl (C=O) groups is 1. The lowest BCUT2D eigenvalue weighted by molar-refractivity contribution is -0.124. The highest BCUT2D eigenvalue weighted by Gasteiger charge is 2.11. The molecule has 18 heavy (non-hydrogen) atoms. The van der Waals surface area contributed by atoms with Gasteiger partial charge in [0.1, 0.15) is 0 Å². The molecule has 4 N–H and O–H groups in total. The van der Waals surface area contributed by atoms with Gasteiger partial charge in [0.05, 0.1) is 6.20 Å². The van der Waals surface area contributed by atoms with E-state index < -0.39 is 0 Å². The molecule has 5 nitrogen and oxygen atoms in total. The molecule has 0 spiro atoms. The summed E-state index contributed by atoms with van der Waals surface area (Å²) in [6, 6.07) is 0. The van der Waals surface area contributed by atoms with Gasteiger partial charge in [-0.1, -0.05) is 6.92 Å². The average molecular weight is 252 g/mol. The van der Waals surface area contributed by atoms with Crippen molar-refractivity contribution in [3.8, 4) is 0 Å². The lowest BCUT2D eigenvalue weighted by atomic mass is 10.0. The molecule has 5 heteroatoms. The first-order valence-electron chi connectivity index (χ1n) is 6.61. The van der Waals surface area contributed by atoms with Crippen LogP contribution in [0.25, 0.3) is 0 Å². The molecule has 1 aromatic rings. The highest BCUT2D eigenvalue weighted by atomic mass is 16.1. The fraction of sp³-hybridized carbons (Fsp3) is 0.692. The van der Waals surface area contributed by atoms with Crippen molar-refractivity contribution in [3.63, 3.8) is 0 Å². The van der Waals surface area contributed by atoms with Gasteiger partial charge in [-0.15, -0.1) is 0 Å². The third kappa shape index (κ3) is 4.87. The summed E-state index contributed by atoms with van der Waals surface area (Å²) in [5, 5.41) is 9.85. The fourth-order valence-corrected chi connectivity index (χ4v) is 1.85. The molecule has 1 amide bonds. The van der Waals surface area contributed by atoms with Gasteiger partial charge in [-0.05, 0) is 44.7 Å². The number of H-pyrrole nitrogens is 1. The number of hydrogen-bond acceptors (Lipinski definition) is 3. The van der Waals surface area contributed by atoms with E-state index in [1.54, 1.807) is 0 Å². The predicted octanol–water partition coefficient (Wildman–Crippen LogP) is 1.14. The van der Waals surface area contributed by atoms with Gasteiger partial charge in [-0.25, -0.2) is 0 Å². The van der Waals surface area contributed by atoms with Crippen LogP contribution >= 0.6 is 0 Å². The van der Waals surface area contributed by atoms with Gasteiger partial charge in [0.15, 0.2) is 0 Å². The Morgan fingerprint density at radius 2 is 2.33 bits per heavy atom. The van der Waals surface area contributed by atoms with Gasteiger partial charge in [0, 0.05) is 18.2 Å². The lowest BCUT2D eigenvalue weighted by Gasteiger charge is -2.11. The minimum atomic E-state index is 0.0595. The van der Waals surface area contributed by atoms with Gasteiger partial charge in [-0.3, -0.25) is 9.89 Å². The average Bonchev–Trinajstić information content (AvgIpc) is 2.77. The molecule has 1 unspecified atom stereocenters. The third-order valence-electron chi connectivity index (χ3n) is 3.15. The molecule has 0 saturated heterocycles. The predicted molar refractivity (Wildman–Crippen MR) is 72.1 cm³/mol. The van der Waals surface area contributed by atoms with Crippen molar-refractivity contribution in [3.05, 3.63) is 17.5 Å². The summed E-state index contributed by atoms with van der Waals surface area (Å²) in [7, 11) is 0. The molecule has 1 atom stereocenters. The van der Waals surface area contributed by atoms with E-state index in [2.05, 4.69) is 15.5 Å². The van der Waals surface area contributed by atoms with Crippen LogP contribution in [0.15, 0.2) is 6.20 Å². The summed E-state index contributed by atoms with van der Waals surface area (Å²) in [4.78, 5) is 11.7. The van der Waals surface area contributed by atoms with E-state index in [0.717, 1.165) is 37.9 Å². The minimum absolute atomic E-state index is 0.0595. The molecular weight excluding hydrogens is 228 g/mol. The van der Waals surface area contributed by atoms with Gasteiger partial charge in [0.25, 0.3) is 0 Å². The first kappa shape index (κ1) is 14.7. The monoisotopic (exact) mass is 252 g/mol. The summed E-state index contributed by atoms with van der Waals surface area (Å²) in [5.41, 5.74) is 7.76. The van der Waals surface area contributed by atoms with Crippen molar-refractivity contribution < 1.29 is 4.79 Å². The smallest absolute Gasteiger partial charge is 0.222 e. The molecule has 0 aliphatic rings. The van der Waals surface area contributed by atoms with Crippen LogP contribution in [-0.4, -0.2) is 29.2 Å². The number of rotatable bonds is 8. The maximum Gasteiger partial charge on any atom is 0.222 e. The Bertz CT molecular complexity index is 362. The summed E-state index contributed by atoms with van der Waals surface area (Å²) in [6.07, 6.45) is 5.50. The van der Waals surface area contributed by atoms with E-state index in [0.29, 0.717) is 6.54 Å². The number of aryl methyl sites for hydroxylation is 2. The standard InChI is InChI=1S/C13H24N4O/c1-10(5-3-7-14)13(18)15-8-4-6-12-9-16-17-11(12)2/h9-10H,3-8,14H2,1-2H3,(H,15,18)(H,16,17). The number of nitrogens with one attached hydrogen (secondary N) is 2. The number of aromatic nitrogens is 2. The fourth-order valence-electron chi connectivity index (χ4n) is 1.85. The highest BCUT2D eigenvalue weighted by molar-refractivity contribution is 5.78. The molecule has 1 aromatic heterocycles. The maximum atomic E-state index is 11.7. The number of carbonyl (C=O) groups excluding carboxylic acids is 1. The van der Waals surface area contributed by atoms with Crippen molar-refractivity contribution in [2.75, 3.05) is 13.1 Å². The number of nitrogens with zero attached hydrogens (tertiary/aromatic N) is 1. The van der Waals surface area contributed by atoms with E-state index in [1.165, 1.54) is 5.56 Å². The van der Waals surface area contributed by atoms with Crippen LogP contribution < -0.4 is 11.1 Å². The molecule has 0 fully saturated rings. The highest BCUT2D eigenvalue weighted by Crippen LogP contribution is 2.06. The molecule has 1 heterocycles. The topological polar surface area (TPSA) is 83.8 Å². The van der Waals surface area contributed by atoms with Gasteiger partial charge >= 0.3 is 0 Å². The first-order chi connectivity index (χ1) is 8.65. The molecule has 1 rings (SSSR count). The Morgan fingerprint density at radius 3 is 2.94 bits per heavy atom. The van der Waals surface area contributed by atoms with Crippen molar-refractivity contribution in [1.82, 2.24) is 15.5 Å². The number of hydrogen-bond donors (Lipinski definition) is 3. The van der Waals surface area contributed by atoms with Crippen molar-refractivity contribution >= 4 is 5.91 Å². The Balaban J connectivity index is 2.14. The number of aromatic amines is 1. The molecule has 0 aliphatic heterocycles. The second-order valence-corrected chi connectivity index (χ2v) is 4.75. The van der Waals surface area contributed by atoms with Crippen LogP contribution in [0.5, 0.6) is 0 Å². The van der Waals surface area contributed by atoms with E-state index >= 15 is 0 Å². The molecule has 0 radical (unpaired) electrons. The molecule has 102 valence electrons. The summed E-state index contributed by atoms with van der Waals surface area (Å²) >= 11 is 0. The van der Waals surface area contributed by atoms with E-state index in [4.69, 9.17) is 5.73 Å². The second-order valence-electron chi connectivity index (χ2n) is 4.75. The van der Waals surface area contributed by atoms with Crippen LogP contribution in [0.4, 0.5) is 0 Å². The molecule has 0 aliphatic carbocycles. The van der Waals surface area contributed by atoms with Gasteiger partial charge < -0.3 is 11.1 Å². The van der Waals surface area contributed by atoms with Crippen LogP contribution in [0.2, 0.25) is 0 Å². The second kappa shape index (κ2) is 7.87. The molecule has 0 bridgehead atoms. The number of amides is 1. The zero-order chi connectivity index (χ0) is 13.4. The summed E-state index contributed by atoms with van der Waals surface area (Å²) in [5.74, 6) is 0.191. The zero-order valence-electron chi connectivity index (χ0n) is 11.3. The van der Waals surface area contributed by atoms with Crippen molar-refractivity contribution in [1.29, 1.82) is 0 Å². The van der Waals surface area contributed by atoms with Gasteiger partial charge in [-0.2, -0.15) is 5.10 Å². The van der Waals surface area contributed by atoms with Crippen LogP contribution in [-0.2, 0) is 11.2 Å². The van der Waals surface area contributed by atoms with Crippen LogP contribution in [0.3, 0.4) is 0 Å². The minimum Gasteiger partial charge on any atom is -0.356 e. The van der Waals surface area contributed by atoms with E-state index in [9.17, 15) is 4.79 Å². The third-order valence-corrected chi connectivity index (χ3v) is 3.15. The normalized spacial score (nSPS) is 12.4. The van der Waals surface area contributed by atoms with Crippen molar-refractivity contribution in [2.45, 2.75) is 39.5 Å². The zero-order valence-corrected chi connectivity index (χ0v) is 11.3. The number of nitrogens with two attached hydrogens (primary N) is 1. The molecule has 0 aromatic carbocycles. The maximum absolute atomic E-state index is 11.7. The lowest BCUT2D eigenvalue weighted by Crippen LogP contribution is -2.30. The molecular formula is C13H24N4O. The SMILES string of the molecule is Cc1[nH]ncc1CCCNC(=O)C(C)CCCN. The molecule has 0 saturated carbocycles. The van der Waals surface area contributed by atoms with E-state index in [-0.39, 0.29) is 11.8 Å². The van der Waals surface area contributed by atoms with Crippen LogP contribution in [0, 0.1) is 12.8 Å². The van der Waals surface area contributed by atoms with Gasteiger partial charge in [0.2, 0.25) is 5.91 Å². The van der Waals surface area contributed by atoms with Crippen molar-refractivity contribution in [2.24, 2.45) is 11.7 Å². The quantitative estimate of drug-likeness (QED) is 0.607. The van der Waals surface area contributed by atoms with E-state index in [1.807, 2.05) is 20.0 Å². The largest absolute Gasteiger partial charge is 0.356 e.